The molecule has 0 radical (unpaired) electrons. The Kier molecular flexibility index (Phi) is 6.17. The molecule has 8 heteroatoms. The van der Waals surface area contributed by atoms with Crippen LogP contribution in [0.2, 0.25) is 0 Å². The Balaban J connectivity index is 1.52. The zero-order valence-electron chi connectivity index (χ0n) is 15.1. The van der Waals surface area contributed by atoms with Crippen molar-refractivity contribution in [1.29, 1.82) is 0 Å². The number of aromatic amines is 1. The Labute approximate surface area is 152 Å². The number of aromatic nitrogens is 4. The molecular weight excluding hydrogens is 332 g/mol. The third kappa shape index (κ3) is 4.57. The molecule has 0 atom stereocenters. The van der Waals surface area contributed by atoms with Crippen LogP contribution in [0.5, 0.6) is 0 Å². The number of hydrogen-bond donors (Lipinski definition) is 3. The number of carbonyl (C=O) groups is 1. The minimum Gasteiger partial charge on any atom is -0.351 e. The van der Waals surface area contributed by atoms with Gasteiger partial charge in [-0.1, -0.05) is 25.7 Å². The van der Waals surface area contributed by atoms with Crippen molar-refractivity contribution in [1.82, 2.24) is 30.6 Å². The van der Waals surface area contributed by atoms with E-state index in [9.17, 15) is 9.59 Å². The van der Waals surface area contributed by atoms with Crippen molar-refractivity contribution < 1.29 is 4.79 Å². The van der Waals surface area contributed by atoms with E-state index in [-0.39, 0.29) is 11.5 Å². The average molecular weight is 358 g/mol. The standard InChI is InChI=1S/C18H26N6O2/c1-13-15(12-21-24(13)16-8-9-17(25)23-22-16)18(26)20-11-10-19-14-6-4-2-3-5-7-14/h8-9,12,14,19H,2-7,10-11H2,1H3,(H,20,26)(H,23,25). The number of rotatable bonds is 6. The Bertz CT molecular complexity index is 769. The maximum atomic E-state index is 12.4. The fourth-order valence-electron chi connectivity index (χ4n) is 3.35. The van der Waals surface area contributed by atoms with Crippen LogP contribution in [-0.2, 0) is 0 Å². The van der Waals surface area contributed by atoms with Gasteiger partial charge in [0.15, 0.2) is 5.82 Å². The Morgan fingerprint density at radius 3 is 2.69 bits per heavy atom. The molecule has 0 spiro atoms. The second kappa shape index (κ2) is 8.75. The summed E-state index contributed by atoms with van der Waals surface area (Å²) in [6, 6.07) is 3.52. The van der Waals surface area contributed by atoms with E-state index < -0.39 is 0 Å². The third-order valence-electron chi connectivity index (χ3n) is 4.83. The number of nitrogens with zero attached hydrogens (tertiary/aromatic N) is 3. The predicted molar refractivity (Wildman–Crippen MR) is 98.5 cm³/mol. The van der Waals surface area contributed by atoms with Gasteiger partial charge in [-0.2, -0.15) is 10.2 Å². The van der Waals surface area contributed by atoms with Crippen molar-refractivity contribution in [2.45, 2.75) is 51.5 Å². The van der Waals surface area contributed by atoms with Crippen LogP contribution in [0, 0.1) is 6.92 Å². The van der Waals surface area contributed by atoms with Crippen molar-refractivity contribution in [3.8, 4) is 5.82 Å². The van der Waals surface area contributed by atoms with Crippen molar-refractivity contribution >= 4 is 5.91 Å². The van der Waals surface area contributed by atoms with Gasteiger partial charge in [0.1, 0.15) is 0 Å². The van der Waals surface area contributed by atoms with E-state index in [1.165, 1.54) is 55.5 Å². The first kappa shape index (κ1) is 18.3. The fourth-order valence-corrected chi connectivity index (χ4v) is 3.35. The average Bonchev–Trinajstić information content (AvgIpc) is 2.85. The highest BCUT2D eigenvalue weighted by molar-refractivity contribution is 5.95. The summed E-state index contributed by atoms with van der Waals surface area (Å²) < 4.78 is 1.54. The van der Waals surface area contributed by atoms with Crippen molar-refractivity contribution in [3.05, 3.63) is 39.9 Å². The number of H-pyrrole nitrogens is 1. The monoisotopic (exact) mass is 358 g/mol. The first-order valence-electron chi connectivity index (χ1n) is 9.27. The van der Waals surface area contributed by atoms with Crippen LogP contribution in [0.25, 0.3) is 5.82 Å². The summed E-state index contributed by atoms with van der Waals surface area (Å²) in [4.78, 5) is 23.5. The van der Waals surface area contributed by atoms with Crippen LogP contribution >= 0.6 is 0 Å². The lowest BCUT2D eigenvalue weighted by Gasteiger charge is -2.16. The van der Waals surface area contributed by atoms with Crippen molar-refractivity contribution in [3.63, 3.8) is 0 Å². The zero-order valence-corrected chi connectivity index (χ0v) is 15.1. The Morgan fingerprint density at radius 1 is 1.23 bits per heavy atom. The fraction of sp³-hybridized carbons (Fsp3) is 0.556. The van der Waals surface area contributed by atoms with Gasteiger partial charge in [0.25, 0.3) is 11.5 Å². The molecule has 3 rings (SSSR count). The highest BCUT2D eigenvalue weighted by Crippen LogP contribution is 2.16. The molecule has 0 aromatic carbocycles. The van der Waals surface area contributed by atoms with Crippen LogP contribution in [0.3, 0.4) is 0 Å². The van der Waals surface area contributed by atoms with E-state index in [0.29, 0.717) is 29.7 Å². The Morgan fingerprint density at radius 2 is 2.00 bits per heavy atom. The van der Waals surface area contributed by atoms with Crippen LogP contribution in [0.4, 0.5) is 0 Å². The minimum atomic E-state index is -0.280. The summed E-state index contributed by atoms with van der Waals surface area (Å²) in [5.74, 6) is 0.317. The van der Waals surface area contributed by atoms with Crippen LogP contribution < -0.4 is 16.2 Å². The second-order valence-corrected chi connectivity index (χ2v) is 6.73. The summed E-state index contributed by atoms with van der Waals surface area (Å²) in [5, 5.41) is 17.0. The summed E-state index contributed by atoms with van der Waals surface area (Å²) in [5.41, 5.74) is 0.906. The van der Waals surface area contributed by atoms with E-state index in [0.717, 1.165) is 6.54 Å². The van der Waals surface area contributed by atoms with E-state index >= 15 is 0 Å². The predicted octanol–water partition coefficient (Wildman–Crippen LogP) is 1.31. The maximum Gasteiger partial charge on any atom is 0.264 e. The summed E-state index contributed by atoms with van der Waals surface area (Å²) >= 11 is 0. The van der Waals surface area contributed by atoms with Crippen LogP contribution in [0.15, 0.2) is 23.1 Å². The largest absolute Gasteiger partial charge is 0.351 e. The van der Waals surface area contributed by atoms with Gasteiger partial charge < -0.3 is 10.6 Å². The van der Waals surface area contributed by atoms with Gasteiger partial charge in [-0.25, -0.2) is 9.78 Å². The maximum absolute atomic E-state index is 12.4. The highest BCUT2D eigenvalue weighted by atomic mass is 16.1. The van der Waals surface area contributed by atoms with E-state index in [2.05, 4.69) is 25.9 Å². The molecule has 1 amide bonds. The van der Waals surface area contributed by atoms with Gasteiger partial charge in [0, 0.05) is 25.2 Å². The minimum absolute atomic E-state index is 0.152. The molecule has 2 aromatic heterocycles. The molecule has 0 unspecified atom stereocenters. The van der Waals surface area contributed by atoms with Gasteiger partial charge in [-0.3, -0.25) is 9.59 Å². The summed E-state index contributed by atoms with van der Waals surface area (Å²) in [7, 11) is 0. The van der Waals surface area contributed by atoms with Gasteiger partial charge in [-0.15, -0.1) is 0 Å². The lowest BCUT2D eigenvalue weighted by molar-refractivity contribution is 0.0953. The first-order chi connectivity index (χ1) is 12.6. The van der Waals surface area contributed by atoms with Crippen LogP contribution in [-0.4, -0.2) is 45.0 Å². The molecular formula is C18H26N6O2. The van der Waals surface area contributed by atoms with Gasteiger partial charge >= 0.3 is 0 Å². The van der Waals surface area contributed by atoms with Crippen LogP contribution in [0.1, 0.15) is 54.6 Å². The van der Waals surface area contributed by atoms with Gasteiger partial charge in [-0.05, 0) is 25.8 Å². The second-order valence-electron chi connectivity index (χ2n) is 6.73. The molecule has 0 aliphatic heterocycles. The number of nitrogens with one attached hydrogen (secondary N) is 3. The smallest absolute Gasteiger partial charge is 0.264 e. The number of carbonyl (C=O) groups excluding carboxylic acids is 1. The highest BCUT2D eigenvalue weighted by Gasteiger charge is 2.16. The lowest BCUT2D eigenvalue weighted by atomic mass is 10.1. The summed E-state index contributed by atoms with van der Waals surface area (Å²) in [6.45, 7) is 3.15. The topological polar surface area (TPSA) is 105 Å². The molecule has 2 aromatic rings. The molecule has 1 fully saturated rings. The van der Waals surface area contributed by atoms with E-state index in [1.54, 1.807) is 13.0 Å². The molecule has 1 saturated carbocycles. The summed E-state index contributed by atoms with van der Waals surface area (Å²) in [6.07, 6.45) is 9.24. The number of amides is 1. The Hall–Kier alpha value is -2.48. The van der Waals surface area contributed by atoms with Crippen molar-refractivity contribution in [2.24, 2.45) is 0 Å². The molecule has 3 N–H and O–H groups in total. The molecule has 2 heterocycles. The van der Waals surface area contributed by atoms with E-state index in [1.807, 2.05) is 0 Å². The molecule has 1 aliphatic rings. The van der Waals surface area contributed by atoms with Gasteiger partial charge in [0.2, 0.25) is 0 Å². The molecule has 8 nitrogen and oxygen atoms in total. The molecule has 0 saturated heterocycles. The molecule has 1 aliphatic carbocycles. The van der Waals surface area contributed by atoms with Crippen molar-refractivity contribution in [2.75, 3.05) is 13.1 Å². The SMILES string of the molecule is Cc1c(C(=O)NCCNC2CCCCCC2)cnn1-c1ccc(=O)[nH]n1. The number of hydrogen-bond acceptors (Lipinski definition) is 5. The molecule has 0 bridgehead atoms. The lowest BCUT2D eigenvalue weighted by Crippen LogP contribution is -2.37. The van der Waals surface area contributed by atoms with Gasteiger partial charge in [0.05, 0.1) is 17.5 Å². The first-order valence-corrected chi connectivity index (χ1v) is 9.27. The normalized spacial score (nSPS) is 15.6. The third-order valence-corrected chi connectivity index (χ3v) is 4.83. The molecule has 140 valence electrons. The molecule has 26 heavy (non-hydrogen) atoms. The quantitative estimate of drug-likeness (QED) is 0.533. The zero-order chi connectivity index (χ0) is 18.4. The van der Waals surface area contributed by atoms with E-state index in [4.69, 9.17) is 0 Å².